The third-order valence-electron chi connectivity index (χ3n) is 2.53. The van der Waals surface area contributed by atoms with E-state index < -0.39 is 5.97 Å². The summed E-state index contributed by atoms with van der Waals surface area (Å²) in [5.41, 5.74) is 0.677. The summed E-state index contributed by atoms with van der Waals surface area (Å²) in [5, 5.41) is 18.9. The molecule has 20 heavy (non-hydrogen) atoms. The highest BCUT2D eigenvalue weighted by atomic mass is 79.9. The monoisotopic (exact) mass is 338 g/mol. The number of benzene rings is 1. The van der Waals surface area contributed by atoms with Gasteiger partial charge in [-0.05, 0) is 34.1 Å². The Hall–Kier alpha value is -2.22. The number of carbonyl (C=O) groups is 2. The van der Waals surface area contributed by atoms with Crippen molar-refractivity contribution in [1.82, 2.24) is 15.0 Å². The number of aromatic carboxylic acids is 1. The molecule has 7 nitrogen and oxygen atoms in total. The number of carboxylic acid groups (broad SMARTS) is 1. The number of halogens is 1. The summed E-state index contributed by atoms with van der Waals surface area (Å²) in [7, 11) is 0. The van der Waals surface area contributed by atoms with Gasteiger partial charge in [0, 0.05) is 17.1 Å². The quantitative estimate of drug-likeness (QED) is 0.865. The first-order chi connectivity index (χ1) is 9.56. The van der Waals surface area contributed by atoms with E-state index in [1.54, 1.807) is 23.1 Å². The second kappa shape index (κ2) is 6.29. The third-order valence-corrected chi connectivity index (χ3v) is 3.19. The second-order valence-electron chi connectivity index (χ2n) is 3.96. The molecule has 0 saturated carbocycles. The van der Waals surface area contributed by atoms with Gasteiger partial charge in [0.1, 0.15) is 0 Å². The molecule has 0 atom stereocenters. The highest BCUT2D eigenvalue weighted by Gasteiger charge is 2.09. The van der Waals surface area contributed by atoms with Gasteiger partial charge in [-0.15, -0.1) is 5.10 Å². The second-order valence-corrected chi connectivity index (χ2v) is 4.82. The number of nitrogens with zero attached hydrogens (tertiary/aromatic N) is 3. The zero-order valence-corrected chi connectivity index (χ0v) is 11.9. The number of aryl methyl sites for hydroxylation is 1. The Kier molecular flexibility index (Phi) is 4.46. The van der Waals surface area contributed by atoms with Gasteiger partial charge in [0.25, 0.3) is 0 Å². The Balaban J connectivity index is 1.95. The third kappa shape index (κ3) is 3.64. The number of carbonyl (C=O) groups excluding carboxylic acids is 1. The molecule has 1 aromatic carbocycles. The smallest absolute Gasteiger partial charge is 0.335 e. The molecular weight excluding hydrogens is 328 g/mol. The summed E-state index contributed by atoms with van der Waals surface area (Å²) in [4.78, 5) is 22.6. The summed E-state index contributed by atoms with van der Waals surface area (Å²) in [6.07, 6.45) is 3.46. The first-order valence-corrected chi connectivity index (χ1v) is 6.52. The zero-order chi connectivity index (χ0) is 14.5. The number of amides is 1. The largest absolute Gasteiger partial charge is 0.478 e. The molecule has 2 N–H and O–H groups in total. The van der Waals surface area contributed by atoms with Crippen LogP contribution in [0.4, 0.5) is 5.69 Å². The molecule has 8 heteroatoms. The molecule has 0 radical (unpaired) electrons. The fraction of sp³-hybridized carbons (Fsp3) is 0.167. The van der Waals surface area contributed by atoms with Gasteiger partial charge in [-0.25, -0.2) is 4.79 Å². The minimum absolute atomic E-state index is 0.150. The Labute approximate surface area is 122 Å². The molecule has 0 fully saturated rings. The van der Waals surface area contributed by atoms with Crippen LogP contribution in [0.1, 0.15) is 16.8 Å². The minimum Gasteiger partial charge on any atom is -0.478 e. The fourth-order valence-corrected chi connectivity index (χ4v) is 2.01. The lowest BCUT2D eigenvalue weighted by molar-refractivity contribution is -0.116. The van der Waals surface area contributed by atoms with Gasteiger partial charge < -0.3 is 10.4 Å². The van der Waals surface area contributed by atoms with Crippen LogP contribution in [0.2, 0.25) is 0 Å². The van der Waals surface area contributed by atoms with Crippen LogP contribution in [0.25, 0.3) is 0 Å². The van der Waals surface area contributed by atoms with Crippen molar-refractivity contribution in [2.75, 3.05) is 5.32 Å². The topological polar surface area (TPSA) is 97.1 Å². The maximum Gasteiger partial charge on any atom is 0.335 e. The molecule has 0 spiro atoms. The van der Waals surface area contributed by atoms with Crippen LogP contribution in [0, 0.1) is 0 Å². The van der Waals surface area contributed by atoms with E-state index in [4.69, 9.17) is 5.11 Å². The molecule has 0 aliphatic carbocycles. The van der Waals surface area contributed by atoms with E-state index in [-0.39, 0.29) is 17.9 Å². The molecule has 1 heterocycles. The van der Waals surface area contributed by atoms with Crippen molar-refractivity contribution in [2.45, 2.75) is 13.0 Å². The van der Waals surface area contributed by atoms with Crippen LogP contribution in [-0.2, 0) is 11.3 Å². The van der Waals surface area contributed by atoms with E-state index in [2.05, 4.69) is 31.6 Å². The van der Waals surface area contributed by atoms with Crippen LogP contribution in [0.5, 0.6) is 0 Å². The number of hydrogen-bond donors (Lipinski definition) is 2. The van der Waals surface area contributed by atoms with Crippen molar-refractivity contribution in [3.63, 3.8) is 0 Å². The normalized spacial score (nSPS) is 10.2. The molecule has 0 bridgehead atoms. The van der Waals surface area contributed by atoms with E-state index in [1.165, 1.54) is 12.1 Å². The molecule has 2 rings (SSSR count). The average Bonchev–Trinajstić information content (AvgIpc) is 2.91. The molecule has 2 aromatic rings. The molecule has 0 aliphatic heterocycles. The van der Waals surface area contributed by atoms with Gasteiger partial charge in [0.15, 0.2) is 0 Å². The maximum atomic E-state index is 11.8. The molecule has 104 valence electrons. The first kappa shape index (κ1) is 14.2. The van der Waals surface area contributed by atoms with E-state index >= 15 is 0 Å². The van der Waals surface area contributed by atoms with Crippen molar-refractivity contribution in [3.05, 3.63) is 40.6 Å². The molecular formula is C12H11BrN4O3. The molecule has 0 aliphatic rings. The molecule has 1 aromatic heterocycles. The predicted octanol–water partition coefficient (Wildman–Crippen LogP) is 1.77. The first-order valence-electron chi connectivity index (χ1n) is 5.73. The van der Waals surface area contributed by atoms with Crippen molar-refractivity contribution in [1.29, 1.82) is 0 Å². The lowest BCUT2D eigenvalue weighted by Crippen LogP contribution is -2.15. The van der Waals surface area contributed by atoms with E-state index in [0.717, 1.165) is 0 Å². The van der Waals surface area contributed by atoms with Crippen molar-refractivity contribution < 1.29 is 14.7 Å². The van der Waals surface area contributed by atoms with Crippen molar-refractivity contribution >= 4 is 33.5 Å². The van der Waals surface area contributed by atoms with Crippen molar-refractivity contribution in [2.24, 2.45) is 0 Å². The number of aromatic nitrogens is 3. The Bertz CT molecular complexity index is 628. The number of rotatable bonds is 5. The van der Waals surface area contributed by atoms with Crippen molar-refractivity contribution in [3.8, 4) is 0 Å². The minimum atomic E-state index is -1.02. The predicted molar refractivity (Wildman–Crippen MR) is 74.4 cm³/mol. The van der Waals surface area contributed by atoms with E-state index in [0.29, 0.717) is 16.7 Å². The Morgan fingerprint density at radius 1 is 1.40 bits per heavy atom. The summed E-state index contributed by atoms with van der Waals surface area (Å²) >= 11 is 3.23. The molecule has 1 amide bonds. The molecule has 0 saturated heterocycles. The van der Waals surface area contributed by atoms with Crippen LogP contribution >= 0.6 is 15.9 Å². The average molecular weight is 339 g/mol. The van der Waals surface area contributed by atoms with Gasteiger partial charge in [-0.1, -0.05) is 5.21 Å². The fourth-order valence-electron chi connectivity index (χ4n) is 1.53. The number of carboxylic acids is 1. The van der Waals surface area contributed by atoms with Gasteiger partial charge in [-0.2, -0.15) is 0 Å². The number of nitrogens with one attached hydrogen (secondary N) is 1. The number of hydrogen-bond acceptors (Lipinski definition) is 4. The molecule has 0 unspecified atom stereocenters. The SMILES string of the molecule is O=C(CCn1ccnn1)Nc1ccc(C(=O)O)cc1Br. The van der Waals surface area contributed by atoms with Crippen LogP contribution < -0.4 is 5.32 Å². The van der Waals surface area contributed by atoms with Gasteiger partial charge in [-0.3, -0.25) is 9.48 Å². The lowest BCUT2D eigenvalue weighted by Gasteiger charge is -2.08. The summed E-state index contributed by atoms with van der Waals surface area (Å²) < 4.78 is 2.08. The van der Waals surface area contributed by atoms with Gasteiger partial charge in [0.2, 0.25) is 5.91 Å². The maximum absolute atomic E-state index is 11.8. The standard InChI is InChI=1S/C12H11BrN4O3/c13-9-7-8(12(19)20)1-2-10(9)15-11(18)3-5-17-6-4-14-16-17/h1-2,4,6-7H,3,5H2,(H,15,18)(H,19,20). The Morgan fingerprint density at radius 3 is 2.80 bits per heavy atom. The van der Waals surface area contributed by atoms with Gasteiger partial charge in [0.05, 0.1) is 24.0 Å². The summed E-state index contributed by atoms with van der Waals surface area (Å²) in [5.74, 6) is -1.21. The highest BCUT2D eigenvalue weighted by Crippen LogP contribution is 2.23. The highest BCUT2D eigenvalue weighted by molar-refractivity contribution is 9.10. The van der Waals surface area contributed by atoms with Crippen LogP contribution in [-0.4, -0.2) is 32.0 Å². The lowest BCUT2D eigenvalue weighted by atomic mass is 10.2. The van der Waals surface area contributed by atoms with Crippen LogP contribution in [0.15, 0.2) is 35.1 Å². The Morgan fingerprint density at radius 2 is 2.20 bits per heavy atom. The van der Waals surface area contributed by atoms with E-state index in [1.807, 2.05) is 0 Å². The summed E-state index contributed by atoms with van der Waals surface area (Å²) in [6, 6.07) is 4.41. The van der Waals surface area contributed by atoms with Gasteiger partial charge >= 0.3 is 5.97 Å². The van der Waals surface area contributed by atoms with Crippen LogP contribution in [0.3, 0.4) is 0 Å². The number of anilines is 1. The summed E-state index contributed by atoms with van der Waals surface area (Å²) in [6.45, 7) is 0.427. The zero-order valence-electron chi connectivity index (χ0n) is 10.3. The van der Waals surface area contributed by atoms with E-state index in [9.17, 15) is 9.59 Å².